The summed E-state index contributed by atoms with van der Waals surface area (Å²) in [6, 6.07) is 10.2. The average Bonchev–Trinajstić information content (AvgIpc) is 3.17. The second kappa shape index (κ2) is 11.6. The van der Waals surface area contributed by atoms with Gasteiger partial charge in [-0.25, -0.2) is 9.79 Å². The summed E-state index contributed by atoms with van der Waals surface area (Å²) in [5.74, 6) is 1.36. The van der Waals surface area contributed by atoms with Crippen LogP contribution in [0.3, 0.4) is 0 Å². The number of allylic oxidation sites excluding steroid dienone is 1. The highest BCUT2D eigenvalue weighted by Crippen LogP contribution is 2.34. The van der Waals surface area contributed by atoms with Gasteiger partial charge in [-0.2, -0.15) is 0 Å². The molecule has 0 N–H and O–H groups in total. The van der Waals surface area contributed by atoms with Gasteiger partial charge in [-0.15, -0.1) is 0 Å². The molecule has 2 heterocycles. The molecule has 38 heavy (non-hydrogen) atoms. The van der Waals surface area contributed by atoms with Gasteiger partial charge in [-0.3, -0.25) is 9.36 Å². The Bertz CT molecular complexity index is 1570. The van der Waals surface area contributed by atoms with Crippen molar-refractivity contribution in [3.05, 3.63) is 83.0 Å². The Labute approximate surface area is 233 Å². The van der Waals surface area contributed by atoms with E-state index in [9.17, 15) is 9.59 Å². The van der Waals surface area contributed by atoms with E-state index in [2.05, 4.69) is 20.9 Å². The summed E-state index contributed by atoms with van der Waals surface area (Å²) in [5.41, 5.74) is 2.00. The predicted molar refractivity (Wildman–Crippen MR) is 150 cm³/mol. The average molecular weight is 602 g/mol. The van der Waals surface area contributed by atoms with Crippen LogP contribution in [0.5, 0.6) is 17.2 Å². The number of fused-ring (bicyclic) bond motifs is 1. The number of esters is 1. The number of methoxy groups -OCH3 is 2. The molecule has 1 aromatic heterocycles. The highest BCUT2D eigenvalue weighted by Gasteiger charge is 2.33. The lowest BCUT2D eigenvalue weighted by molar-refractivity contribution is -0.143. The zero-order valence-corrected chi connectivity index (χ0v) is 24.4. The summed E-state index contributed by atoms with van der Waals surface area (Å²) in [5, 5.41) is 0. The number of hydrogen-bond donors (Lipinski definition) is 0. The summed E-state index contributed by atoms with van der Waals surface area (Å²) >= 11 is 4.75. The molecule has 0 unspecified atom stereocenters. The van der Waals surface area contributed by atoms with E-state index in [0.29, 0.717) is 50.0 Å². The molecule has 0 amide bonds. The molecule has 0 fully saturated rings. The third-order valence-electron chi connectivity index (χ3n) is 5.88. The van der Waals surface area contributed by atoms with Crippen molar-refractivity contribution in [2.24, 2.45) is 4.99 Å². The van der Waals surface area contributed by atoms with Crippen molar-refractivity contribution in [1.29, 1.82) is 0 Å². The maximum atomic E-state index is 13.9. The van der Waals surface area contributed by atoms with Gasteiger partial charge in [0.15, 0.2) is 4.80 Å². The molecule has 1 atom stereocenters. The summed E-state index contributed by atoms with van der Waals surface area (Å²) in [6.45, 7) is 7.78. The molecule has 1 aliphatic rings. The Hall–Kier alpha value is -3.37. The topological polar surface area (TPSA) is 88.4 Å². The highest BCUT2D eigenvalue weighted by atomic mass is 79.9. The smallest absolute Gasteiger partial charge is 0.338 e. The van der Waals surface area contributed by atoms with E-state index in [1.54, 1.807) is 51.7 Å². The zero-order chi connectivity index (χ0) is 27.6. The fraction of sp³-hybridized carbons (Fsp3) is 0.321. The first kappa shape index (κ1) is 27.7. The van der Waals surface area contributed by atoms with E-state index in [0.717, 1.165) is 10.0 Å². The summed E-state index contributed by atoms with van der Waals surface area (Å²) < 4.78 is 24.8. The van der Waals surface area contributed by atoms with Crippen molar-refractivity contribution in [1.82, 2.24) is 4.57 Å². The molecule has 0 saturated heterocycles. The fourth-order valence-electron chi connectivity index (χ4n) is 4.23. The number of thiazole rings is 1. The van der Waals surface area contributed by atoms with E-state index in [4.69, 9.17) is 18.9 Å². The first-order valence-corrected chi connectivity index (χ1v) is 13.7. The van der Waals surface area contributed by atoms with Gasteiger partial charge in [-0.1, -0.05) is 23.5 Å². The van der Waals surface area contributed by atoms with Gasteiger partial charge in [0, 0.05) is 11.6 Å². The maximum absolute atomic E-state index is 13.9. The van der Waals surface area contributed by atoms with Crippen LogP contribution in [0.2, 0.25) is 0 Å². The molecule has 4 rings (SSSR count). The van der Waals surface area contributed by atoms with Crippen molar-refractivity contribution < 1.29 is 23.7 Å². The molecule has 3 aromatic rings. The minimum Gasteiger partial charge on any atom is -0.496 e. The lowest BCUT2D eigenvalue weighted by Gasteiger charge is -2.25. The Morgan fingerprint density at radius 1 is 1.16 bits per heavy atom. The van der Waals surface area contributed by atoms with E-state index >= 15 is 0 Å². The van der Waals surface area contributed by atoms with Crippen LogP contribution in [0.1, 0.15) is 44.9 Å². The molecule has 10 heteroatoms. The number of ether oxygens (including phenoxy) is 4. The molecule has 2 aromatic carbocycles. The highest BCUT2D eigenvalue weighted by molar-refractivity contribution is 9.10. The van der Waals surface area contributed by atoms with Gasteiger partial charge in [-0.05, 0) is 73.5 Å². The van der Waals surface area contributed by atoms with Crippen LogP contribution in [0.25, 0.3) is 6.08 Å². The van der Waals surface area contributed by atoms with Crippen molar-refractivity contribution in [2.45, 2.75) is 39.8 Å². The maximum Gasteiger partial charge on any atom is 0.338 e. The summed E-state index contributed by atoms with van der Waals surface area (Å²) in [6.07, 6.45) is 1.43. The van der Waals surface area contributed by atoms with Crippen LogP contribution >= 0.6 is 27.3 Å². The molecule has 0 radical (unpaired) electrons. The molecular weight excluding hydrogens is 572 g/mol. The normalized spacial score (nSPS) is 15.3. The molecular formula is C28H29BrN2O6S. The number of aromatic nitrogens is 1. The molecule has 8 nitrogen and oxygen atoms in total. The van der Waals surface area contributed by atoms with Crippen molar-refractivity contribution in [3.63, 3.8) is 0 Å². The van der Waals surface area contributed by atoms with E-state index in [1.807, 2.05) is 37.3 Å². The predicted octanol–water partition coefficient (Wildman–Crippen LogP) is 4.37. The number of hydrogen-bond acceptors (Lipinski definition) is 8. The Morgan fingerprint density at radius 3 is 2.45 bits per heavy atom. The lowest BCUT2D eigenvalue weighted by Crippen LogP contribution is -2.40. The van der Waals surface area contributed by atoms with Gasteiger partial charge in [0.05, 0.1) is 53.2 Å². The second-order valence-electron chi connectivity index (χ2n) is 8.77. The third kappa shape index (κ3) is 5.42. The van der Waals surface area contributed by atoms with Crippen LogP contribution in [0.4, 0.5) is 0 Å². The number of carbonyl (C=O) groups excluding carboxylic acids is 1. The number of benzene rings is 2. The SMILES string of the molecule is CCOc1ccc([C@H]2C(C(=O)OC(C)C)=C(C)N=c3s/c(=C/c4cc(Br)c(OC)cc4OC)c(=O)n32)cc1. The lowest BCUT2D eigenvalue weighted by atomic mass is 9.96. The number of nitrogens with zero attached hydrogens (tertiary/aromatic N) is 2. The quantitative estimate of drug-likeness (QED) is 0.357. The molecule has 0 aliphatic carbocycles. The van der Waals surface area contributed by atoms with Crippen LogP contribution in [-0.2, 0) is 9.53 Å². The number of carbonyl (C=O) groups is 1. The Morgan fingerprint density at radius 2 is 1.84 bits per heavy atom. The van der Waals surface area contributed by atoms with Crippen molar-refractivity contribution in [2.75, 3.05) is 20.8 Å². The van der Waals surface area contributed by atoms with Gasteiger partial charge in [0.25, 0.3) is 5.56 Å². The summed E-state index contributed by atoms with van der Waals surface area (Å²) in [7, 11) is 3.13. The van der Waals surface area contributed by atoms with Gasteiger partial charge in [0.1, 0.15) is 17.2 Å². The molecule has 0 bridgehead atoms. The largest absolute Gasteiger partial charge is 0.496 e. The van der Waals surface area contributed by atoms with Crippen LogP contribution < -0.4 is 29.1 Å². The molecule has 200 valence electrons. The van der Waals surface area contributed by atoms with Crippen LogP contribution in [0.15, 0.2) is 61.9 Å². The number of halogens is 1. The third-order valence-corrected chi connectivity index (χ3v) is 7.48. The monoisotopic (exact) mass is 600 g/mol. The zero-order valence-electron chi connectivity index (χ0n) is 22.0. The summed E-state index contributed by atoms with van der Waals surface area (Å²) in [4.78, 5) is 32.3. The van der Waals surface area contributed by atoms with Gasteiger partial charge >= 0.3 is 5.97 Å². The van der Waals surface area contributed by atoms with Gasteiger partial charge < -0.3 is 18.9 Å². The Balaban J connectivity index is 1.93. The van der Waals surface area contributed by atoms with Crippen LogP contribution in [-0.4, -0.2) is 37.5 Å². The first-order chi connectivity index (χ1) is 18.2. The first-order valence-electron chi connectivity index (χ1n) is 12.1. The van der Waals surface area contributed by atoms with Crippen molar-refractivity contribution >= 4 is 39.3 Å². The Kier molecular flexibility index (Phi) is 8.42. The van der Waals surface area contributed by atoms with Crippen molar-refractivity contribution in [3.8, 4) is 17.2 Å². The minimum absolute atomic E-state index is 0.274. The molecule has 1 aliphatic heterocycles. The van der Waals surface area contributed by atoms with Gasteiger partial charge in [0.2, 0.25) is 0 Å². The number of rotatable bonds is 8. The van der Waals surface area contributed by atoms with E-state index < -0.39 is 12.0 Å². The fourth-order valence-corrected chi connectivity index (χ4v) is 5.79. The molecule has 0 saturated carbocycles. The molecule has 0 spiro atoms. The standard InChI is InChI=1S/C28H29BrN2O6S/c1-7-36-19-10-8-17(9-11-19)25-24(27(33)37-15(2)3)16(4)30-28-31(25)26(32)23(38-28)13-18-12-20(29)22(35-6)14-21(18)34-5/h8-15,25H,7H2,1-6H3/b23-13+/t25-/m0/s1. The second-order valence-corrected chi connectivity index (χ2v) is 10.6. The van der Waals surface area contributed by atoms with E-state index in [-0.39, 0.29) is 11.7 Å². The van der Waals surface area contributed by atoms with Crippen LogP contribution in [0, 0.1) is 0 Å². The minimum atomic E-state index is -0.708. The van der Waals surface area contributed by atoms with E-state index in [1.165, 1.54) is 11.3 Å².